The second kappa shape index (κ2) is 2.49. The third kappa shape index (κ3) is 1.04. The third-order valence-electron chi connectivity index (χ3n) is 3.68. The quantitative estimate of drug-likeness (QED) is 0.487. The lowest BCUT2D eigenvalue weighted by atomic mass is 9.85. The molecule has 3 rings (SSSR count). The lowest BCUT2D eigenvalue weighted by Crippen LogP contribution is -2.37. The Morgan fingerprint density at radius 3 is 2.57 bits per heavy atom. The maximum atomic E-state index is 11.6. The van der Waals surface area contributed by atoms with Crippen LogP contribution in [0.5, 0.6) is 0 Å². The van der Waals surface area contributed by atoms with Crippen molar-refractivity contribution >= 4 is 5.97 Å². The average molecular weight is 198 g/mol. The molecule has 3 fully saturated rings. The molecule has 4 heteroatoms. The predicted octanol–water partition coefficient (Wildman–Crippen LogP) is 0.497. The number of epoxide rings is 2. The Labute approximate surface area is 82.5 Å². The molecule has 14 heavy (non-hydrogen) atoms. The fourth-order valence-electron chi connectivity index (χ4n) is 2.42. The van der Waals surface area contributed by atoms with Gasteiger partial charge in [0.25, 0.3) is 0 Å². The largest absolute Gasteiger partial charge is 0.467 e. The summed E-state index contributed by atoms with van der Waals surface area (Å²) >= 11 is 0. The third-order valence-corrected chi connectivity index (χ3v) is 3.68. The van der Waals surface area contributed by atoms with E-state index in [1.54, 1.807) is 0 Å². The van der Waals surface area contributed by atoms with Crippen LogP contribution in [0.1, 0.15) is 19.3 Å². The van der Waals surface area contributed by atoms with Crippen LogP contribution in [0.2, 0.25) is 0 Å². The van der Waals surface area contributed by atoms with Gasteiger partial charge in [-0.2, -0.15) is 0 Å². The van der Waals surface area contributed by atoms with Gasteiger partial charge >= 0.3 is 5.97 Å². The van der Waals surface area contributed by atoms with Gasteiger partial charge in [0.1, 0.15) is 0 Å². The molecule has 2 atom stereocenters. The number of rotatable bonds is 4. The monoisotopic (exact) mass is 198 g/mol. The van der Waals surface area contributed by atoms with E-state index in [4.69, 9.17) is 14.2 Å². The number of ether oxygens (including phenoxy) is 3. The van der Waals surface area contributed by atoms with Crippen LogP contribution in [0.25, 0.3) is 0 Å². The van der Waals surface area contributed by atoms with Crippen LogP contribution in [-0.4, -0.2) is 38.0 Å². The Bertz CT molecular complexity index is 274. The fraction of sp³-hybridized carbons (Fsp3) is 0.900. The Morgan fingerprint density at radius 2 is 2.21 bits per heavy atom. The molecule has 1 aliphatic carbocycles. The summed E-state index contributed by atoms with van der Waals surface area (Å²) in [7, 11) is 1.43. The molecule has 0 spiro atoms. The summed E-state index contributed by atoms with van der Waals surface area (Å²) in [6.07, 6.45) is 3.47. The molecular formula is C10H14O4. The van der Waals surface area contributed by atoms with Crippen molar-refractivity contribution in [2.45, 2.75) is 31.0 Å². The van der Waals surface area contributed by atoms with Gasteiger partial charge in [-0.15, -0.1) is 0 Å². The van der Waals surface area contributed by atoms with Gasteiger partial charge in [-0.1, -0.05) is 0 Å². The average Bonchev–Trinajstić information content (AvgIpc) is 2.96. The number of methoxy groups -OCH3 is 1. The first kappa shape index (κ1) is 8.68. The van der Waals surface area contributed by atoms with E-state index < -0.39 is 5.60 Å². The van der Waals surface area contributed by atoms with E-state index in [0.717, 1.165) is 25.9 Å². The first-order valence-corrected chi connectivity index (χ1v) is 5.06. The minimum atomic E-state index is -0.603. The van der Waals surface area contributed by atoms with E-state index in [1.165, 1.54) is 7.11 Å². The van der Waals surface area contributed by atoms with Gasteiger partial charge in [0.2, 0.25) is 0 Å². The van der Waals surface area contributed by atoms with E-state index in [9.17, 15) is 4.79 Å². The molecule has 0 radical (unpaired) electrons. The highest BCUT2D eigenvalue weighted by molar-refractivity contribution is 5.84. The molecule has 0 bridgehead atoms. The number of carbonyl (C=O) groups excluding carboxylic acids is 1. The van der Waals surface area contributed by atoms with Gasteiger partial charge in [-0.3, -0.25) is 0 Å². The lowest BCUT2D eigenvalue weighted by molar-refractivity contribution is -0.150. The molecule has 2 aliphatic heterocycles. The summed E-state index contributed by atoms with van der Waals surface area (Å²) in [5.41, 5.74) is -0.561. The zero-order chi connectivity index (χ0) is 9.81. The number of hydrogen-bond donors (Lipinski definition) is 0. The molecule has 0 amide bonds. The van der Waals surface area contributed by atoms with Crippen LogP contribution in [0.4, 0.5) is 0 Å². The summed E-state index contributed by atoms with van der Waals surface area (Å²) in [5, 5.41) is 0. The van der Waals surface area contributed by atoms with Crippen molar-refractivity contribution in [1.29, 1.82) is 0 Å². The van der Waals surface area contributed by atoms with Gasteiger partial charge in [0.15, 0.2) is 5.60 Å². The minimum absolute atomic E-state index is 0.0429. The minimum Gasteiger partial charge on any atom is -0.467 e. The highest BCUT2D eigenvalue weighted by Crippen LogP contribution is 2.65. The molecule has 1 saturated carbocycles. The van der Waals surface area contributed by atoms with Crippen LogP contribution >= 0.6 is 0 Å². The van der Waals surface area contributed by atoms with E-state index in [1.807, 2.05) is 0 Å². The summed E-state index contributed by atoms with van der Waals surface area (Å²) in [6, 6.07) is 0. The van der Waals surface area contributed by atoms with Crippen molar-refractivity contribution in [3.05, 3.63) is 0 Å². The Kier molecular flexibility index (Phi) is 1.55. The Balaban J connectivity index is 1.76. The predicted molar refractivity (Wildman–Crippen MR) is 46.7 cm³/mol. The lowest BCUT2D eigenvalue weighted by Gasteiger charge is -2.20. The van der Waals surface area contributed by atoms with Crippen LogP contribution < -0.4 is 0 Å². The number of esters is 1. The molecule has 2 saturated heterocycles. The number of hydrogen-bond acceptors (Lipinski definition) is 4. The van der Waals surface area contributed by atoms with Crippen LogP contribution in [0, 0.1) is 5.41 Å². The molecule has 0 aromatic rings. The van der Waals surface area contributed by atoms with Crippen molar-refractivity contribution in [3.8, 4) is 0 Å². The van der Waals surface area contributed by atoms with Gasteiger partial charge in [-0.05, 0) is 19.3 Å². The molecule has 3 aliphatic rings. The highest BCUT2D eigenvalue weighted by Gasteiger charge is 2.73. The Morgan fingerprint density at radius 1 is 1.57 bits per heavy atom. The summed E-state index contributed by atoms with van der Waals surface area (Å²) in [5.74, 6) is -0.198. The maximum absolute atomic E-state index is 11.6. The van der Waals surface area contributed by atoms with Gasteiger partial charge < -0.3 is 14.2 Å². The molecule has 0 N–H and O–H groups in total. The summed E-state index contributed by atoms with van der Waals surface area (Å²) in [6.45, 7) is 1.38. The molecule has 0 aromatic heterocycles. The van der Waals surface area contributed by atoms with Gasteiger partial charge in [-0.25, -0.2) is 4.79 Å². The van der Waals surface area contributed by atoms with E-state index >= 15 is 0 Å². The SMILES string of the molecule is COC(=O)C1(C2(CC3CO3)CC2)CO1. The molecular weight excluding hydrogens is 184 g/mol. The highest BCUT2D eigenvalue weighted by atomic mass is 16.6. The van der Waals surface area contributed by atoms with Gasteiger partial charge in [0.05, 0.1) is 26.4 Å². The fourth-order valence-corrected chi connectivity index (χ4v) is 2.42. The van der Waals surface area contributed by atoms with Crippen LogP contribution in [0.3, 0.4) is 0 Å². The normalized spacial score (nSPS) is 41.6. The van der Waals surface area contributed by atoms with Crippen molar-refractivity contribution < 1.29 is 19.0 Å². The summed E-state index contributed by atoms with van der Waals surface area (Å²) < 4.78 is 15.4. The number of carbonyl (C=O) groups is 1. The zero-order valence-electron chi connectivity index (χ0n) is 8.25. The first-order valence-electron chi connectivity index (χ1n) is 5.06. The second-order valence-electron chi connectivity index (χ2n) is 4.55. The van der Waals surface area contributed by atoms with Crippen LogP contribution in [-0.2, 0) is 19.0 Å². The smallest absolute Gasteiger partial charge is 0.341 e. The standard InChI is InChI=1S/C10H14O4/c1-12-8(11)10(6-14-10)9(2-3-9)4-7-5-13-7/h7H,2-6H2,1H3. The molecule has 78 valence electrons. The van der Waals surface area contributed by atoms with E-state index in [-0.39, 0.29) is 11.4 Å². The molecule has 2 heterocycles. The Hall–Kier alpha value is -0.610. The van der Waals surface area contributed by atoms with Crippen molar-refractivity contribution in [2.75, 3.05) is 20.3 Å². The van der Waals surface area contributed by atoms with Crippen LogP contribution in [0.15, 0.2) is 0 Å². The second-order valence-corrected chi connectivity index (χ2v) is 4.55. The van der Waals surface area contributed by atoms with Crippen molar-refractivity contribution in [1.82, 2.24) is 0 Å². The molecule has 4 nitrogen and oxygen atoms in total. The van der Waals surface area contributed by atoms with E-state index in [2.05, 4.69) is 0 Å². The molecule has 2 unspecified atom stereocenters. The first-order chi connectivity index (χ1) is 6.72. The topological polar surface area (TPSA) is 51.4 Å². The zero-order valence-corrected chi connectivity index (χ0v) is 8.25. The van der Waals surface area contributed by atoms with Gasteiger partial charge in [0, 0.05) is 5.41 Å². The van der Waals surface area contributed by atoms with E-state index in [0.29, 0.717) is 12.7 Å². The van der Waals surface area contributed by atoms with Crippen molar-refractivity contribution in [2.24, 2.45) is 5.41 Å². The molecule has 0 aromatic carbocycles. The van der Waals surface area contributed by atoms with Crippen molar-refractivity contribution in [3.63, 3.8) is 0 Å². The maximum Gasteiger partial charge on any atom is 0.341 e. The summed E-state index contributed by atoms with van der Waals surface area (Å²) in [4.78, 5) is 11.6.